The molecule has 0 amide bonds. The van der Waals surface area contributed by atoms with E-state index in [4.69, 9.17) is 10.2 Å². The molecule has 2 nitrogen and oxygen atoms in total. The van der Waals surface area contributed by atoms with Crippen LogP contribution in [0.1, 0.15) is 18.5 Å². The van der Waals surface area contributed by atoms with Crippen LogP contribution in [0.5, 0.6) is 0 Å². The molecule has 0 aromatic carbocycles. The van der Waals surface area contributed by atoms with Crippen molar-refractivity contribution in [3.8, 4) is 0 Å². The van der Waals surface area contributed by atoms with Crippen LogP contribution in [-0.4, -0.2) is 11.5 Å². The molecule has 62 valence electrons. The molecule has 0 radical (unpaired) electrons. The predicted octanol–water partition coefficient (Wildman–Crippen LogP) is 2.03. The third-order valence-electron chi connectivity index (χ3n) is 1.47. The Labute approximate surface area is 71.1 Å². The molecule has 0 bridgehead atoms. The molecular weight excluding hydrogens is 158 g/mol. The van der Waals surface area contributed by atoms with E-state index in [1.165, 1.54) is 0 Å². The Bertz CT molecular complexity index is 186. The van der Waals surface area contributed by atoms with E-state index in [-0.39, 0.29) is 6.04 Å². The van der Waals surface area contributed by atoms with Gasteiger partial charge in [-0.3, -0.25) is 0 Å². The van der Waals surface area contributed by atoms with Crippen LogP contribution in [0.2, 0.25) is 0 Å². The van der Waals surface area contributed by atoms with E-state index in [9.17, 15) is 0 Å². The summed E-state index contributed by atoms with van der Waals surface area (Å²) in [6.07, 6.45) is 3.37. The highest BCUT2D eigenvalue weighted by atomic mass is 32.2. The van der Waals surface area contributed by atoms with Gasteiger partial charge < -0.3 is 10.2 Å². The molecule has 1 rings (SSSR count). The van der Waals surface area contributed by atoms with Crippen molar-refractivity contribution in [2.24, 2.45) is 5.73 Å². The highest BCUT2D eigenvalue weighted by Crippen LogP contribution is 2.15. The molecule has 1 aromatic heterocycles. The minimum absolute atomic E-state index is 0.124. The van der Waals surface area contributed by atoms with Crippen molar-refractivity contribution >= 4 is 11.8 Å². The highest BCUT2D eigenvalue weighted by molar-refractivity contribution is 7.99. The van der Waals surface area contributed by atoms with Crippen molar-refractivity contribution in [1.29, 1.82) is 0 Å². The first-order valence-electron chi connectivity index (χ1n) is 3.70. The Morgan fingerprint density at radius 1 is 1.73 bits per heavy atom. The van der Waals surface area contributed by atoms with Gasteiger partial charge >= 0.3 is 0 Å². The van der Waals surface area contributed by atoms with Crippen LogP contribution in [0.3, 0.4) is 0 Å². The standard InChI is InChI=1S/C8H13NOS/c1-2-11-6-8(9)7-3-4-10-5-7/h3-5,8H,2,6,9H2,1H3. The number of hydrogen-bond donors (Lipinski definition) is 1. The summed E-state index contributed by atoms with van der Waals surface area (Å²) in [6.45, 7) is 2.13. The van der Waals surface area contributed by atoms with Crippen molar-refractivity contribution in [2.75, 3.05) is 11.5 Å². The topological polar surface area (TPSA) is 39.2 Å². The van der Waals surface area contributed by atoms with Gasteiger partial charge in [-0.1, -0.05) is 6.92 Å². The Hall–Kier alpha value is -0.410. The first-order chi connectivity index (χ1) is 5.34. The van der Waals surface area contributed by atoms with Crippen LogP contribution in [0, 0.1) is 0 Å². The lowest BCUT2D eigenvalue weighted by atomic mass is 10.2. The number of nitrogens with two attached hydrogens (primary N) is 1. The number of furan rings is 1. The molecule has 0 aliphatic heterocycles. The summed E-state index contributed by atoms with van der Waals surface area (Å²) in [5.41, 5.74) is 6.93. The molecule has 3 heteroatoms. The largest absolute Gasteiger partial charge is 0.472 e. The Morgan fingerprint density at radius 3 is 3.09 bits per heavy atom. The summed E-state index contributed by atoms with van der Waals surface area (Å²) in [7, 11) is 0. The second-order valence-electron chi connectivity index (χ2n) is 2.32. The van der Waals surface area contributed by atoms with Crippen LogP contribution in [0.15, 0.2) is 23.0 Å². The fraction of sp³-hybridized carbons (Fsp3) is 0.500. The first kappa shape index (κ1) is 8.68. The minimum Gasteiger partial charge on any atom is -0.472 e. The van der Waals surface area contributed by atoms with Crippen LogP contribution >= 0.6 is 11.8 Å². The molecule has 1 atom stereocenters. The molecule has 0 saturated carbocycles. The summed E-state index contributed by atoms with van der Waals surface area (Å²) in [4.78, 5) is 0. The average Bonchev–Trinajstić information content (AvgIpc) is 2.52. The van der Waals surface area contributed by atoms with Crippen molar-refractivity contribution < 1.29 is 4.42 Å². The normalized spacial score (nSPS) is 13.3. The molecule has 1 aromatic rings. The van der Waals surface area contributed by atoms with Crippen molar-refractivity contribution in [2.45, 2.75) is 13.0 Å². The number of thioether (sulfide) groups is 1. The fourth-order valence-electron chi connectivity index (χ4n) is 0.827. The third-order valence-corrected chi connectivity index (χ3v) is 2.48. The smallest absolute Gasteiger partial charge is 0.0950 e. The minimum atomic E-state index is 0.124. The second-order valence-corrected chi connectivity index (χ2v) is 3.64. The zero-order valence-corrected chi connectivity index (χ0v) is 7.43. The van der Waals surface area contributed by atoms with E-state index in [0.29, 0.717) is 0 Å². The molecule has 2 N–H and O–H groups in total. The molecule has 0 fully saturated rings. The maximum Gasteiger partial charge on any atom is 0.0950 e. The molecule has 0 aliphatic carbocycles. The van der Waals surface area contributed by atoms with Gasteiger partial charge in [0, 0.05) is 17.4 Å². The Kier molecular flexibility index (Phi) is 3.52. The molecule has 0 spiro atoms. The van der Waals surface area contributed by atoms with E-state index >= 15 is 0 Å². The highest BCUT2D eigenvalue weighted by Gasteiger charge is 2.05. The first-order valence-corrected chi connectivity index (χ1v) is 4.85. The maximum atomic E-state index is 5.84. The third kappa shape index (κ3) is 2.60. The SMILES string of the molecule is CCSCC(N)c1ccoc1. The van der Waals surface area contributed by atoms with E-state index in [1.807, 2.05) is 17.8 Å². The molecule has 1 unspecified atom stereocenters. The van der Waals surface area contributed by atoms with Gasteiger partial charge in [0.25, 0.3) is 0 Å². The van der Waals surface area contributed by atoms with Crippen molar-refractivity contribution in [3.05, 3.63) is 24.2 Å². The van der Waals surface area contributed by atoms with Crippen LogP contribution in [0.4, 0.5) is 0 Å². The molecule has 11 heavy (non-hydrogen) atoms. The van der Waals surface area contributed by atoms with E-state index in [1.54, 1.807) is 12.5 Å². The van der Waals surface area contributed by atoms with Gasteiger partial charge in [-0.25, -0.2) is 0 Å². The lowest BCUT2D eigenvalue weighted by Gasteiger charge is -2.06. The van der Waals surface area contributed by atoms with Crippen molar-refractivity contribution in [3.63, 3.8) is 0 Å². The van der Waals surface area contributed by atoms with Gasteiger partial charge in [0.15, 0.2) is 0 Å². The summed E-state index contributed by atoms with van der Waals surface area (Å²) < 4.78 is 4.93. The lowest BCUT2D eigenvalue weighted by molar-refractivity contribution is 0.561. The predicted molar refractivity (Wildman–Crippen MR) is 48.6 cm³/mol. The number of hydrogen-bond acceptors (Lipinski definition) is 3. The van der Waals surface area contributed by atoms with Gasteiger partial charge in [-0.05, 0) is 11.8 Å². The van der Waals surface area contributed by atoms with Crippen LogP contribution in [0.25, 0.3) is 0 Å². The number of rotatable bonds is 4. The molecule has 0 saturated heterocycles. The van der Waals surface area contributed by atoms with Gasteiger partial charge in [0.05, 0.1) is 12.5 Å². The van der Waals surface area contributed by atoms with Gasteiger partial charge in [0.2, 0.25) is 0 Å². The lowest BCUT2D eigenvalue weighted by Crippen LogP contribution is -2.11. The zero-order chi connectivity index (χ0) is 8.10. The zero-order valence-electron chi connectivity index (χ0n) is 6.62. The summed E-state index contributed by atoms with van der Waals surface area (Å²) in [5, 5.41) is 0. The summed E-state index contributed by atoms with van der Waals surface area (Å²) >= 11 is 1.85. The fourth-order valence-corrected chi connectivity index (χ4v) is 1.51. The van der Waals surface area contributed by atoms with Crippen molar-refractivity contribution in [1.82, 2.24) is 0 Å². The monoisotopic (exact) mass is 171 g/mol. The Morgan fingerprint density at radius 2 is 2.55 bits per heavy atom. The summed E-state index contributed by atoms with van der Waals surface area (Å²) in [6, 6.07) is 2.04. The van der Waals surface area contributed by atoms with Gasteiger partial charge in [-0.2, -0.15) is 11.8 Å². The molecule has 0 aliphatic rings. The Balaban J connectivity index is 2.36. The van der Waals surface area contributed by atoms with Gasteiger partial charge in [-0.15, -0.1) is 0 Å². The molecular formula is C8H13NOS. The average molecular weight is 171 g/mol. The van der Waals surface area contributed by atoms with Crippen LogP contribution < -0.4 is 5.73 Å². The summed E-state index contributed by atoms with van der Waals surface area (Å²) in [5.74, 6) is 2.08. The second kappa shape index (κ2) is 4.46. The van der Waals surface area contributed by atoms with E-state index in [0.717, 1.165) is 17.1 Å². The van der Waals surface area contributed by atoms with Crippen LogP contribution in [-0.2, 0) is 0 Å². The van der Waals surface area contributed by atoms with Gasteiger partial charge in [0.1, 0.15) is 0 Å². The van der Waals surface area contributed by atoms with E-state index < -0.39 is 0 Å². The van der Waals surface area contributed by atoms with E-state index in [2.05, 4.69) is 6.92 Å². The molecule has 1 heterocycles. The quantitative estimate of drug-likeness (QED) is 0.753. The maximum absolute atomic E-state index is 5.84.